The molecule has 0 spiro atoms. The number of ether oxygens (including phenoxy) is 3. The summed E-state index contributed by atoms with van der Waals surface area (Å²) in [5.74, 6) is 0. The van der Waals surface area contributed by atoms with E-state index in [1.54, 1.807) is 14.2 Å². The van der Waals surface area contributed by atoms with Crippen molar-refractivity contribution in [2.45, 2.75) is 65.0 Å². The Balaban J connectivity index is 2.75. The first-order chi connectivity index (χ1) is 7.33. The number of hydrogen-bond donors (Lipinski definition) is 0. The van der Waals surface area contributed by atoms with E-state index in [2.05, 4.69) is 27.7 Å². The number of rotatable bonds is 3. The van der Waals surface area contributed by atoms with Crippen molar-refractivity contribution in [2.24, 2.45) is 5.41 Å². The third-order valence-corrected chi connectivity index (χ3v) is 3.44. The molecular weight excluding hydrogens is 204 g/mol. The second-order valence-corrected chi connectivity index (χ2v) is 5.98. The van der Waals surface area contributed by atoms with Crippen LogP contribution in [0, 0.1) is 5.41 Å². The van der Waals surface area contributed by atoms with E-state index in [1.807, 2.05) is 0 Å². The minimum absolute atomic E-state index is 0.174. The fourth-order valence-corrected chi connectivity index (χ4v) is 2.46. The van der Waals surface area contributed by atoms with Gasteiger partial charge in [0.2, 0.25) is 0 Å². The van der Waals surface area contributed by atoms with Crippen molar-refractivity contribution >= 4 is 0 Å². The molecule has 0 aromatic rings. The highest BCUT2D eigenvalue weighted by Crippen LogP contribution is 2.39. The molecule has 0 aliphatic carbocycles. The summed E-state index contributed by atoms with van der Waals surface area (Å²) in [5, 5.41) is 0. The van der Waals surface area contributed by atoms with Crippen LogP contribution in [0.1, 0.15) is 47.0 Å². The van der Waals surface area contributed by atoms with E-state index in [-0.39, 0.29) is 23.4 Å². The van der Waals surface area contributed by atoms with E-state index >= 15 is 0 Å². The van der Waals surface area contributed by atoms with Gasteiger partial charge in [0.15, 0.2) is 6.29 Å². The van der Waals surface area contributed by atoms with E-state index in [1.165, 1.54) is 6.42 Å². The molecule has 1 aliphatic heterocycles. The number of hydrogen-bond acceptors (Lipinski definition) is 3. The van der Waals surface area contributed by atoms with Gasteiger partial charge in [0, 0.05) is 14.2 Å². The van der Waals surface area contributed by atoms with Crippen LogP contribution in [0.2, 0.25) is 0 Å². The predicted molar refractivity (Wildman–Crippen MR) is 64.4 cm³/mol. The van der Waals surface area contributed by atoms with Crippen molar-refractivity contribution in [2.75, 3.05) is 14.2 Å². The van der Waals surface area contributed by atoms with Crippen LogP contribution in [0.4, 0.5) is 0 Å². The maximum Gasteiger partial charge on any atom is 0.185 e. The first-order valence-corrected chi connectivity index (χ1v) is 6.07. The quantitative estimate of drug-likeness (QED) is 0.698. The van der Waals surface area contributed by atoms with Gasteiger partial charge in [-0.1, -0.05) is 20.8 Å². The van der Waals surface area contributed by atoms with Crippen molar-refractivity contribution in [1.82, 2.24) is 0 Å². The molecule has 1 aliphatic rings. The third kappa shape index (κ3) is 2.96. The molecular formula is C13H26O3. The van der Waals surface area contributed by atoms with Gasteiger partial charge in [-0.05, 0) is 31.6 Å². The van der Waals surface area contributed by atoms with Crippen molar-refractivity contribution in [3.63, 3.8) is 0 Å². The Labute approximate surface area is 99.5 Å². The van der Waals surface area contributed by atoms with Gasteiger partial charge < -0.3 is 14.2 Å². The topological polar surface area (TPSA) is 27.7 Å². The predicted octanol–water partition coefficient (Wildman–Crippen LogP) is 2.98. The first kappa shape index (κ1) is 13.9. The van der Waals surface area contributed by atoms with Gasteiger partial charge in [-0.2, -0.15) is 0 Å². The Bertz CT molecular complexity index is 218. The van der Waals surface area contributed by atoms with Crippen LogP contribution >= 0.6 is 0 Å². The highest BCUT2D eigenvalue weighted by atomic mass is 16.7. The van der Waals surface area contributed by atoms with Crippen molar-refractivity contribution in [1.29, 1.82) is 0 Å². The molecule has 0 radical (unpaired) electrons. The second kappa shape index (κ2) is 5.03. The molecule has 2 atom stereocenters. The van der Waals surface area contributed by atoms with Gasteiger partial charge in [0.25, 0.3) is 0 Å². The van der Waals surface area contributed by atoms with E-state index in [0.29, 0.717) is 0 Å². The molecule has 0 aromatic heterocycles. The van der Waals surface area contributed by atoms with Crippen LogP contribution in [0.25, 0.3) is 0 Å². The zero-order valence-electron chi connectivity index (χ0n) is 11.5. The molecule has 1 rings (SSSR count). The van der Waals surface area contributed by atoms with Crippen LogP contribution < -0.4 is 0 Å². The van der Waals surface area contributed by atoms with Gasteiger partial charge in [0.1, 0.15) is 5.60 Å². The van der Waals surface area contributed by atoms with E-state index < -0.39 is 0 Å². The van der Waals surface area contributed by atoms with Crippen LogP contribution in [0.15, 0.2) is 0 Å². The molecule has 0 amide bonds. The normalized spacial score (nSPS) is 32.1. The minimum atomic E-state index is -0.320. The Morgan fingerprint density at radius 3 is 2.25 bits per heavy atom. The molecule has 3 heteroatoms. The SMILES string of the molecule is COC(OC)[C@@]1(C)CCC[C@H](C(C)(C)C)O1. The summed E-state index contributed by atoms with van der Waals surface area (Å²) in [4.78, 5) is 0. The molecule has 0 aromatic carbocycles. The van der Waals surface area contributed by atoms with Gasteiger partial charge in [0.05, 0.1) is 6.10 Å². The summed E-state index contributed by atoms with van der Waals surface area (Å²) in [6.45, 7) is 8.75. The molecule has 3 nitrogen and oxygen atoms in total. The molecule has 1 heterocycles. The first-order valence-electron chi connectivity index (χ1n) is 6.07. The molecule has 0 bridgehead atoms. The lowest BCUT2D eigenvalue weighted by Gasteiger charge is -2.46. The molecule has 1 fully saturated rings. The van der Waals surface area contributed by atoms with E-state index in [4.69, 9.17) is 14.2 Å². The van der Waals surface area contributed by atoms with Crippen LogP contribution in [-0.2, 0) is 14.2 Å². The van der Waals surface area contributed by atoms with E-state index in [9.17, 15) is 0 Å². The Morgan fingerprint density at radius 2 is 1.81 bits per heavy atom. The third-order valence-electron chi connectivity index (χ3n) is 3.44. The molecule has 96 valence electrons. The van der Waals surface area contributed by atoms with Gasteiger partial charge in [-0.25, -0.2) is 0 Å². The zero-order chi connectivity index (χ0) is 12.4. The monoisotopic (exact) mass is 230 g/mol. The lowest BCUT2D eigenvalue weighted by atomic mass is 9.81. The molecule has 0 unspecified atom stereocenters. The zero-order valence-corrected chi connectivity index (χ0v) is 11.5. The Morgan fingerprint density at radius 1 is 1.25 bits per heavy atom. The Kier molecular flexibility index (Phi) is 4.38. The summed E-state index contributed by atoms with van der Waals surface area (Å²) in [7, 11) is 3.34. The van der Waals surface area contributed by atoms with Crippen LogP contribution in [0.3, 0.4) is 0 Å². The van der Waals surface area contributed by atoms with E-state index in [0.717, 1.165) is 12.8 Å². The molecule has 16 heavy (non-hydrogen) atoms. The lowest BCUT2D eigenvalue weighted by Crippen LogP contribution is -2.51. The van der Waals surface area contributed by atoms with Crippen LogP contribution in [0.5, 0.6) is 0 Å². The van der Waals surface area contributed by atoms with Gasteiger partial charge >= 0.3 is 0 Å². The molecule has 1 saturated heterocycles. The fourth-order valence-electron chi connectivity index (χ4n) is 2.46. The number of methoxy groups -OCH3 is 2. The Hall–Kier alpha value is -0.120. The van der Waals surface area contributed by atoms with Crippen molar-refractivity contribution in [3.8, 4) is 0 Å². The highest BCUT2D eigenvalue weighted by Gasteiger charge is 2.43. The maximum atomic E-state index is 6.23. The summed E-state index contributed by atoms with van der Waals surface area (Å²) in [6, 6.07) is 0. The minimum Gasteiger partial charge on any atom is -0.366 e. The second-order valence-electron chi connectivity index (χ2n) is 5.98. The summed E-state index contributed by atoms with van der Waals surface area (Å²) < 4.78 is 16.9. The van der Waals surface area contributed by atoms with Gasteiger partial charge in [-0.15, -0.1) is 0 Å². The maximum absolute atomic E-state index is 6.23. The molecule has 0 saturated carbocycles. The lowest BCUT2D eigenvalue weighted by molar-refractivity contribution is -0.269. The summed E-state index contributed by atoms with van der Waals surface area (Å²) >= 11 is 0. The van der Waals surface area contributed by atoms with Crippen molar-refractivity contribution < 1.29 is 14.2 Å². The summed E-state index contributed by atoms with van der Waals surface area (Å²) in [6.07, 6.45) is 3.28. The highest BCUT2D eigenvalue weighted by molar-refractivity contribution is 4.89. The van der Waals surface area contributed by atoms with Crippen molar-refractivity contribution in [3.05, 3.63) is 0 Å². The largest absolute Gasteiger partial charge is 0.366 e. The smallest absolute Gasteiger partial charge is 0.185 e. The van der Waals surface area contributed by atoms with Crippen LogP contribution in [-0.4, -0.2) is 32.2 Å². The summed E-state index contributed by atoms with van der Waals surface area (Å²) in [5.41, 5.74) is -0.145. The molecule has 0 N–H and O–H groups in total. The standard InChI is InChI=1S/C13H26O3/c1-12(2,3)10-8-7-9-13(4,16-10)11(14-5)15-6/h10-11H,7-9H2,1-6H3/t10-,13-/m1/s1. The fraction of sp³-hybridized carbons (Fsp3) is 1.00. The van der Waals surface area contributed by atoms with Gasteiger partial charge in [-0.3, -0.25) is 0 Å². The average Bonchev–Trinajstić information content (AvgIpc) is 2.18. The average molecular weight is 230 g/mol.